The molecule has 0 unspecified atom stereocenters. The van der Waals surface area contributed by atoms with E-state index >= 15 is 0 Å². The number of hydrogen-bond donors (Lipinski definition) is 3. The molecule has 5 nitrogen and oxygen atoms in total. The van der Waals surface area contributed by atoms with Gasteiger partial charge >= 0.3 is 0 Å². The van der Waals surface area contributed by atoms with E-state index in [4.69, 9.17) is 12.2 Å². The fourth-order valence-electron chi connectivity index (χ4n) is 1.82. The van der Waals surface area contributed by atoms with Crippen molar-refractivity contribution in [2.75, 3.05) is 5.32 Å². The van der Waals surface area contributed by atoms with Gasteiger partial charge in [-0.15, -0.1) is 0 Å². The molecule has 2 aromatic rings. The van der Waals surface area contributed by atoms with Crippen molar-refractivity contribution >= 4 is 49.9 Å². The number of anilines is 1. The lowest BCUT2D eigenvalue weighted by atomic mass is 10.2. The Bertz CT molecular complexity index is 655. The molecule has 0 saturated carbocycles. The maximum absolute atomic E-state index is 11.6. The van der Waals surface area contributed by atoms with Crippen LogP contribution in [0.5, 0.6) is 5.75 Å². The molecule has 21 heavy (non-hydrogen) atoms. The van der Waals surface area contributed by atoms with Crippen LogP contribution in [-0.4, -0.2) is 21.1 Å². The molecule has 7 heteroatoms. The number of fused-ring (bicyclic) bond motifs is 1. The molecular weight excluding hydrogens is 306 g/mol. The van der Waals surface area contributed by atoms with Crippen LogP contribution in [-0.2, 0) is 4.79 Å². The summed E-state index contributed by atoms with van der Waals surface area (Å²) in [6, 6.07) is 4.96. The molecule has 0 aliphatic rings. The standard InChI is InChI=1S/C14H17N3O2S2/c1-2-3-4-5-12(19)16-13(20)17-14-15-10-7-6-9(18)8-11(10)21-14/h6-8,18H,2-5H2,1H3,(H2,15,16,17,19,20). The van der Waals surface area contributed by atoms with E-state index in [0.29, 0.717) is 11.6 Å². The Morgan fingerprint density at radius 1 is 1.43 bits per heavy atom. The fourth-order valence-corrected chi connectivity index (χ4v) is 3.00. The average molecular weight is 323 g/mol. The van der Waals surface area contributed by atoms with E-state index in [1.165, 1.54) is 11.3 Å². The summed E-state index contributed by atoms with van der Waals surface area (Å²) in [6.45, 7) is 2.09. The van der Waals surface area contributed by atoms with Gasteiger partial charge in [0.05, 0.1) is 10.2 Å². The molecule has 0 atom stereocenters. The number of hydrogen-bond acceptors (Lipinski definition) is 5. The van der Waals surface area contributed by atoms with Crippen LogP contribution in [0.4, 0.5) is 5.13 Å². The summed E-state index contributed by atoms with van der Waals surface area (Å²) in [4.78, 5) is 16.0. The van der Waals surface area contributed by atoms with Gasteiger partial charge in [-0.25, -0.2) is 4.98 Å². The highest BCUT2D eigenvalue weighted by Gasteiger charge is 2.08. The number of benzene rings is 1. The highest BCUT2D eigenvalue weighted by Crippen LogP contribution is 2.28. The number of rotatable bonds is 5. The molecule has 1 heterocycles. The summed E-state index contributed by atoms with van der Waals surface area (Å²) in [5.74, 6) is 0.115. The van der Waals surface area contributed by atoms with E-state index in [1.54, 1.807) is 18.2 Å². The zero-order valence-corrected chi connectivity index (χ0v) is 13.3. The number of nitrogens with zero attached hydrogens (tertiary/aromatic N) is 1. The number of unbranched alkanes of at least 4 members (excludes halogenated alkanes) is 2. The van der Waals surface area contributed by atoms with Crippen LogP contribution in [0.3, 0.4) is 0 Å². The topological polar surface area (TPSA) is 74.2 Å². The van der Waals surface area contributed by atoms with Crippen molar-refractivity contribution in [3.8, 4) is 5.75 Å². The summed E-state index contributed by atoms with van der Waals surface area (Å²) < 4.78 is 0.856. The first-order valence-electron chi connectivity index (χ1n) is 6.79. The van der Waals surface area contributed by atoms with E-state index in [-0.39, 0.29) is 16.8 Å². The maximum Gasteiger partial charge on any atom is 0.226 e. The Morgan fingerprint density at radius 3 is 3.00 bits per heavy atom. The zero-order chi connectivity index (χ0) is 15.2. The van der Waals surface area contributed by atoms with Crippen molar-refractivity contribution in [2.24, 2.45) is 0 Å². The van der Waals surface area contributed by atoms with Gasteiger partial charge in [0, 0.05) is 6.42 Å². The van der Waals surface area contributed by atoms with Crippen LogP contribution in [0.15, 0.2) is 18.2 Å². The van der Waals surface area contributed by atoms with E-state index < -0.39 is 0 Å². The Labute approximate surface area is 132 Å². The van der Waals surface area contributed by atoms with Gasteiger partial charge in [0.2, 0.25) is 5.91 Å². The summed E-state index contributed by atoms with van der Waals surface area (Å²) >= 11 is 6.46. The lowest BCUT2D eigenvalue weighted by Crippen LogP contribution is -2.33. The molecule has 0 aliphatic heterocycles. The first kappa shape index (κ1) is 15.7. The van der Waals surface area contributed by atoms with Crippen molar-refractivity contribution in [1.29, 1.82) is 0 Å². The molecule has 0 bridgehead atoms. The monoisotopic (exact) mass is 323 g/mol. The number of aromatic hydroxyl groups is 1. The van der Waals surface area contributed by atoms with Crippen molar-refractivity contribution in [2.45, 2.75) is 32.6 Å². The normalized spacial score (nSPS) is 10.5. The van der Waals surface area contributed by atoms with Crippen LogP contribution in [0.25, 0.3) is 10.2 Å². The first-order chi connectivity index (χ1) is 10.1. The smallest absolute Gasteiger partial charge is 0.226 e. The number of thiocarbonyl (C=S) groups is 1. The molecule has 0 radical (unpaired) electrons. The van der Waals surface area contributed by atoms with Gasteiger partial charge in [-0.2, -0.15) is 0 Å². The third-order valence-electron chi connectivity index (χ3n) is 2.85. The predicted molar refractivity (Wildman–Crippen MR) is 89.8 cm³/mol. The Kier molecular flexibility index (Phi) is 5.46. The Hall–Kier alpha value is -1.73. The van der Waals surface area contributed by atoms with Gasteiger partial charge in [-0.3, -0.25) is 4.79 Å². The molecule has 1 amide bonds. The Balaban J connectivity index is 1.90. The summed E-state index contributed by atoms with van der Waals surface area (Å²) in [6.07, 6.45) is 3.46. The molecule has 1 aromatic heterocycles. The summed E-state index contributed by atoms with van der Waals surface area (Å²) in [5, 5.41) is 15.8. The molecule has 0 spiro atoms. The SMILES string of the molecule is CCCCCC(=O)NC(=S)Nc1nc2ccc(O)cc2s1. The average Bonchev–Trinajstić information content (AvgIpc) is 2.79. The van der Waals surface area contributed by atoms with Crippen molar-refractivity contribution in [1.82, 2.24) is 10.3 Å². The largest absolute Gasteiger partial charge is 0.508 e. The number of phenolic OH excluding ortho intramolecular Hbond substituents is 1. The minimum atomic E-state index is -0.0836. The molecule has 0 fully saturated rings. The van der Waals surface area contributed by atoms with Crippen LogP contribution in [0, 0.1) is 0 Å². The number of aromatic nitrogens is 1. The highest BCUT2D eigenvalue weighted by molar-refractivity contribution is 7.80. The fraction of sp³-hybridized carbons (Fsp3) is 0.357. The second kappa shape index (κ2) is 7.33. The molecule has 0 aliphatic carbocycles. The molecule has 2 rings (SSSR count). The van der Waals surface area contributed by atoms with Crippen LogP contribution in [0.2, 0.25) is 0 Å². The lowest BCUT2D eigenvalue weighted by Gasteiger charge is -2.06. The molecule has 112 valence electrons. The highest BCUT2D eigenvalue weighted by atomic mass is 32.1. The summed E-state index contributed by atoms with van der Waals surface area (Å²) in [5.41, 5.74) is 0.775. The maximum atomic E-state index is 11.6. The minimum Gasteiger partial charge on any atom is -0.508 e. The van der Waals surface area contributed by atoms with E-state index in [2.05, 4.69) is 22.5 Å². The summed E-state index contributed by atoms with van der Waals surface area (Å²) in [7, 11) is 0. The third kappa shape index (κ3) is 4.64. The molecule has 3 N–H and O–H groups in total. The van der Waals surface area contributed by atoms with E-state index in [9.17, 15) is 9.90 Å². The number of thiazole rings is 1. The van der Waals surface area contributed by atoms with E-state index in [0.717, 1.165) is 29.5 Å². The van der Waals surface area contributed by atoms with Crippen molar-refractivity contribution < 1.29 is 9.90 Å². The van der Waals surface area contributed by atoms with Crippen LogP contribution in [0.1, 0.15) is 32.6 Å². The van der Waals surface area contributed by atoms with Crippen molar-refractivity contribution in [3.05, 3.63) is 18.2 Å². The number of amides is 1. The van der Waals surface area contributed by atoms with Gasteiger partial charge in [0.15, 0.2) is 10.2 Å². The van der Waals surface area contributed by atoms with E-state index in [1.807, 2.05) is 0 Å². The van der Waals surface area contributed by atoms with Gasteiger partial charge in [-0.05, 0) is 36.8 Å². The van der Waals surface area contributed by atoms with Gasteiger partial charge in [0.25, 0.3) is 0 Å². The van der Waals surface area contributed by atoms with Crippen LogP contribution < -0.4 is 10.6 Å². The number of carbonyl (C=O) groups excluding carboxylic acids is 1. The van der Waals surface area contributed by atoms with Gasteiger partial charge in [-0.1, -0.05) is 31.1 Å². The number of phenols is 1. The zero-order valence-electron chi connectivity index (χ0n) is 11.7. The molecule has 0 saturated heterocycles. The van der Waals surface area contributed by atoms with Crippen LogP contribution >= 0.6 is 23.6 Å². The second-order valence-corrected chi connectivity index (χ2v) is 6.07. The second-order valence-electron chi connectivity index (χ2n) is 4.63. The predicted octanol–water partition coefficient (Wildman–Crippen LogP) is 3.40. The number of nitrogens with one attached hydrogen (secondary N) is 2. The lowest BCUT2D eigenvalue weighted by molar-refractivity contribution is -0.119. The Morgan fingerprint density at radius 2 is 2.24 bits per heavy atom. The van der Waals surface area contributed by atoms with Crippen molar-refractivity contribution in [3.63, 3.8) is 0 Å². The quantitative estimate of drug-likeness (QED) is 0.581. The molecule has 1 aromatic carbocycles. The number of carbonyl (C=O) groups is 1. The third-order valence-corrected chi connectivity index (χ3v) is 3.99. The van der Waals surface area contributed by atoms with Gasteiger partial charge < -0.3 is 15.7 Å². The molecular formula is C14H17N3O2S2. The van der Waals surface area contributed by atoms with Gasteiger partial charge in [0.1, 0.15) is 5.75 Å². The first-order valence-corrected chi connectivity index (χ1v) is 8.01. The minimum absolute atomic E-state index is 0.0836.